The van der Waals surface area contributed by atoms with Crippen molar-refractivity contribution in [2.24, 2.45) is 0 Å². The lowest BCUT2D eigenvalue weighted by molar-refractivity contribution is -0.145. The highest BCUT2D eigenvalue weighted by Gasteiger charge is 2.18. The first-order valence-corrected chi connectivity index (χ1v) is 7.30. The van der Waals surface area contributed by atoms with Crippen molar-refractivity contribution >= 4 is 5.97 Å². The summed E-state index contributed by atoms with van der Waals surface area (Å²) in [5.41, 5.74) is 0. The highest BCUT2D eigenvalue weighted by atomic mass is 16.5. The van der Waals surface area contributed by atoms with Crippen molar-refractivity contribution in [3.63, 3.8) is 0 Å². The zero-order chi connectivity index (χ0) is 14.8. The van der Waals surface area contributed by atoms with Gasteiger partial charge in [0.25, 0.3) is 0 Å². The number of carboxylic acids is 1. The van der Waals surface area contributed by atoms with Crippen molar-refractivity contribution in [2.75, 3.05) is 6.61 Å². The normalized spacial score (nSPS) is 11.9. The van der Waals surface area contributed by atoms with Crippen LogP contribution in [0.15, 0.2) is 24.3 Å². The highest BCUT2D eigenvalue weighted by Crippen LogP contribution is 2.28. The number of benzene rings is 1. The molecule has 0 saturated heterocycles. The fourth-order valence-corrected chi connectivity index (χ4v) is 1.84. The molecule has 0 aliphatic carbocycles. The highest BCUT2D eigenvalue weighted by molar-refractivity contribution is 5.72. The minimum absolute atomic E-state index is 0.417. The first-order valence-electron chi connectivity index (χ1n) is 7.30. The maximum absolute atomic E-state index is 11.0. The van der Waals surface area contributed by atoms with Crippen LogP contribution in [0.3, 0.4) is 0 Å². The number of para-hydroxylation sites is 2. The Hall–Kier alpha value is -1.71. The summed E-state index contributed by atoms with van der Waals surface area (Å²) >= 11 is 0. The molecule has 0 saturated carbocycles. The molecule has 0 fully saturated rings. The van der Waals surface area contributed by atoms with Crippen LogP contribution in [-0.2, 0) is 4.79 Å². The Morgan fingerprint density at radius 3 is 2.45 bits per heavy atom. The van der Waals surface area contributed by atoms with E-state index >= 15 is 0 Å². The minimum atomic E-state index is -0.953. The van der Waals surface area contributed by atoms with E-state index in [1.165, 1.54) is 12.8 Å². The summed E-state index contributed by atoms with van der Waals surface area (Å²) in [5.74, 6) is 0.159. The Labute approximate surface area is 120 Å². The Morgan fingerprint density at radius 2 is 1.85 bits per heavy atom. The van der Waals surface area contributed by atoms with Gasteiger partial charge in [-0.05, 0) is 25.0 Å². The van der Waals surface area contributed by atoms with Crippen LogP contribution in [0.2, 0.25) is 0 Å². The van der Waals surface area contributed by atoms with Crippen LogP contribution in [0.25, 0.3) is 0 Å². The molecular weight excluding hydrogens is 256 g/mol. The fourth-order valence-electron chi connectivity index (χ4n) is 1.84. The fraction of sp³-hybridized carbons (Fsp3) is 0.562. The van der Waals surface area contributed by atoms with Gasteiger partial charge in [0.1, 0.15) is 0 Å². The van der Waals surface area contributed by atoms with E-state index in [0.29, 0.717) is 24.5 Å². The third kappa shape index (κ3) is 5.51. The molecule has 112 valence electrons. The molecule has 0 aliphatic rings. The van der Waals surface area contributed by atoms with E-state index < -0.39 is 12.1 Å². The molecule has 0 heterocycles. The van der Waals surface area contributed by atoms with Crippen molar-refractivity contribution in [1.29, 1.82) is 0 Å². The van der Waals surface area contributed by atoms with E-state index in [-0.39, 0.29) is 0 Å². The second kappa shape index (κ2) is 9.23. The van der Waals surface area contributed by atoms with E-state index in [1.807, 2.05) is 18.2 Å². The van der Waals surface area contributed by atoms with Gasteiger partial charge in [-0.2, -0.15) is 0 Å². The lowest BCUT2D eigenvalue weighted by Gasteiger charge is -2.16. The first-order chi connectivity index (χ1) is 9.69. The standard InChI is InChI=1S/C16H24O4/c1-3-5-6-9-12-19-14-10-7-8-11-15(14)20-13(4-2)16(17)18/h7-8,10-11,13H,3-6,9,12H2,1-2H3,(H,17,18). The van der Waals surface area contributed by atoms with Gasteiger partial charge in [-0.15, -0.1) is 0 Å². The van der Waals surface area contributed by atoms with Crippen LogP contribution in [-0.4, -0.2) is 23.8 Å². The average molecular weight is 280 g/mol. The smallest absolute Gasteiger partial charge is 0.344 e. The zero-order valence-corrected chi connectivity index (χ0v) is 12.3. The Bertz CT molecular complexity index is 403. The van der Waals surface area contributed by atoms with Crippen molar-refractivity contribution in [1.82, 2.24) is 0 Å². The number of ether oxygens (including phenoxy) is 2. The van der Waals surface area contributed by atoms with Gasteiger partial charge in [-0.3, -0.25) is 0 Å². The summed E-state index contributed by atoms with van der Waals surface area (Å²) in [6.07, 6.45) is 4.12. The number of unbranched alkanes of at least 4 members (excludes halogenated alkanes) is 3. The summed E-state index contributed by atoms with van der Waals surface area (Å²) in [6.45, 7) is 4.58. The summed E-state index contributed by atoms with van der Waals surface area (Å²) in [4.78, 5) is 11.0. The van der Waals surface area contributed by atoms with Crippen LogP contribution in [0.5, 0.6) is 11.5 Å². The number of aliphatic carboxylic acids is 1. The Morgan fingerprint density at radius 1 is 1.15 bits per heavy atom. The second-order valence-electron chi connectivity index (χ2n) is 4.71. The molecule has 0 aromatic heterocycles. The maximum Gasteiger partial charge on any atom is 0.344 e. The lowest BCUT2D eigenvalue weighted by atomic mass is 10.2. The number of carbonyl (C=O) groups is 1. The molecule has 1 atom stereocenters. The quantitative estimate of drug-likeness (QED) is 0.661. The van der Waals surface area contributed by atoms with Crippen molar-refractivity contribution < 1.29 is 19.4 Å². The van der Waals surface area contributed by atoms with Gasteiger partial charge in [-0.25, -0.2) is 4.79 Å². The van der Waals surface area contributed by atoms with E-state index in [0.717, 1.165) is 12.8 Å². The molecule has 0 spiro atoms. The average Bonchev–Trinajstić information content (AvgIpc) is 2.45. The van der Waals surface area contributed by atoms with Crippen LogP contribution in [0.4, 0.5) is 0 Å². The maximum atomic E-state index is 11.0. The molecule has 4 nitrogen and oxygen atoms in total. The topological polar surface area (TPSA) is 55.8 Å². The van der Waals surface area contributed by atoms with Gasteiger partial charge in [0.15, 0.2) is 17.6 Å². The monoisotopic (exact) mass is 280 g/mol. The summed E-state index contributed by atoms with van der Waals surface area (Å²) in [6, 6.07) is 7.22. The lowest BCUT2D eigenvalue weighted by Crippen LogP contribution is -2.26. The van der Waals surface area contributed by atoms with Gasteiger partial charge in [0, 0.05) is 0 Å². The number of hydrogen-bond acceptors (Lipinski definition) is 3. The first kappa shape index (κ1) is 16.3. The van der Waals surface area contributed by atoms with E-state index in [1.54, 1.807) is 13.0 Å². The van der Waals surface area contributed by atoms with Gasteiger partial charge in [0.2, 0.25) is 0 Å². The molecule has 0 bridgehead atoms. The number of rotatable bonds is 10. The van der Waals surface area contributed by atoms with E-state index in [9.17, 15) is 4.79 Å². The van der Waals surface area contributed by atoms with Gasteiger partial charge in [0.05, 0.1) is 6.61 Å². The van der Waals surface area contributed by atoms with E-state index in [2.05, 4.69) is 6.92 Å². The van der Waals surface area contributed by atoms with Gasteiger partial charge < -0.3 is 14.6 Å². The molecule has 1 unspecified atom stereocenters. The third-order valence-electron chi connectivity index (χ3n) is 3.02. The number of hydrogen-bond donors (Lipinski definition) is 1. The minimum Gasteiger partial charge on any atom is -0.490 e. The SMILES string of the molecule is CCCCCCOc1ccccc1OC(CC)C(=O)O. The third-order valence-corrected chi connectivity index (χ3v) is 3.02. The molecule has 0 amide bonds. The molecular formula is C16H24O4. The van der Waals surface area contributed by atoms with Crippen LogP contribution >= 0.6 is 0 Å². The summed E-state index contributed by atoms with van der Waals surface area (Å²) < 4.78 is 11.2. The zero-order valence-electron chi connectivity index (χ0n) is 12.3. The van der Waals surface area contributed by atoms with Crippen molar-refractivity contribution in [2.45, 2.75) is 52.1 Å². The number of carboxylic acid groups (broad SMARTS) is 1. The molecule has 0 radical (unpaired) electrons. The molecule has 4 heteroatoms. The van der Waals surface area contributed by atoms with Crippen LogP contribution < -0.4 is 9.47 Å². The molecule has 1 N–H and O–H groups in total. The van der Waals surface area contributed by atoms with E-state index in [4.69, 9.17) is 14.6 Å². The van der Waals surface area contributed by atoms with Crippen LogP contribution in [0, 0.1) is 0 Å². The van der Waals surface area contributed by atoms with Crippen molar-refractivity contribution in [3.05, 3.63) is 24.3 Å². The predicted octanol–water partition coefficient (Wildman–Crippen LogP) is 3.89. The molecule has 1 aromatic carbocycles. The largest absolute Gasteiger partial charge is 0.490 e. The van der Waals surface area contributed by atoms with Gasteiger partial charge >= 0.3 is 5.97 Å². The van der Waals surface area contributed by atoms with Crippen LogP contribution in [0.1, 0.15) is 46.0 Å². The molecule has 20 heavy (non-hydrogen) atoms. The Kier molecular flexibility index (Phi) is 7.55. The second-order valence-corrected chi connectivity index (χ2v) is 4.71. The predicted molar refractivity (Wildman–Crippen MR) is 78.4 cm³/mol. The summed E-state index contributed by atoms with van der Waals surface area (Å²) in [7, 11) is 0. The molecule has 0 aliphatic heterocycles. The van der Waals surface area contributed by atoms with Crippen molar-refractivity contribution in [3.8, 4) is 11.5 Å². The molecule has 1 rings (SSSR count). The molecule has 1 aromatic rings. The van der Waals surface area contributed by atoms with Gasteiger partial charge in [-0.1, -0.05) is 45.2 Å². The Balaban J connectivity index is 2.56. The summed E-state index contributed by atoms with van der Waals surface area (Å²) in [5, 5.41) is 9.03.